The Balaban J connectivity index is 1.19. The van der Waals surface area contributed by atoms with Gasteiger partial charge in [-0.05, 0) is 30.3 Å². The first-order valence-electron chi connectivity index (χ1n) is 10.8. The van der Waals surface area contributed by atoms with Crippen LogP contribution in [0.5, 0.6) is 0 Å². The minimum atomic E-state index is -0.388. The van der Waals surface area contributed by atoms with Gasteiger partial charge in [0, 0.05) is 50.3 Å². The van der Waals surface area contributed by atoms with Crippen molar-refractivity contribution in [2.24, 2.45) is 0 Å². The average Bonchev–Trinajstić information content (AvgIpc) is 3.28. The zero-order valence-electron chi connectivity index (χ0n) is 17.8. The summed E-state index contributed by atoms with van der Waals surface area (Å²) in [5.41, 5.74) is 1.46. The van der Waals surface area contributed by atoms with Crippen molar-refractivity contribution >= 4 is 17.5 Å². The Morgan fingerprint density at radius 3 is 2.47 bits per heavy atom. The molecular weight excluding hydrogens is 409 g/mol. The van der Waals surface area contributed by atoms with Gasteiger partial charge in [0.05, 0.1) is 6.54 Å². The number of hydrogen-bond donors (Lipinski definition) is 1. The van der Waals surface area contributed by atoms with Crippen LogP contribution in [-0.4, -0.2) is 54.3 Å². The fourth-order valence-corrected chi connectivity index (χ4v) is 3.78. The van der Waals surface area contributed by atoms with Crippen molar-refractivity contribution in [3.8, 4) is 11.3 Å². The van der Waals surface area contributed by atoms with Gasteiger partial charge in [-0.25, -0.2) is 4.39 Å². The van der Waals surface area contributed by atoms with Crippen LogP contribution >= 0.6 is 0 Å². The molecule has 1 N–H and O–H groups in total. The third-order valence-electron chi connectivity index (χ3n) is 5.51. The fourth-order valence-electron chi connectivity index (χ4n) is 3.78. The van der Waals surface area contributed by atoms with Gasteiger partial charge < -0.3 is 14.6 Å². The molecule has 2 amide bonds. The van der Waals surface area contributed by atoms with Crippen molar-refractivity contribution in [2.45, 2.75) is 12.8 Å². The Kier molecular flexibility index (Phi) is 6.97. The molecule has 32 heavy (non-hydrogen) atoms. The van der Waals surface area contributed by atoms with Gasteiger partial charge in [-0.15, -0.1) is 0 Å². The maximum absolute atomic E-state index is 13.2. The summed E-state index contributed by atoms with van der Waals surface area (Å²) >= 11 is 0. The van der Waals surface area contributed by atoms with Crippen LogP contribution in [0.4, 0.5) is 10.1 Å². The number of nitrogens with zero attached hydrogens (tertiary/aromatic N) is 2. The van der Waals surface area contributed by atoms with Gasteiger partial charge in [0.15, 0.2) is 0 Å². The lowest BCUT2D eigenvalue weighted by molar-refractivity contribution is -0.133. The molecule has 0 radical (unpaired) electrons. The van der Waals surface area contributed by atoms with Gasteiger partial charge in [0.25, 0.3) is 0 Å². The van der Waals surface area contributed by atoms with E-state index in [0.29, 0.717) is 44.7 Å². The van der Waals surface area contributed by atoms with Crippen LogP contribution in [-0.2, 0) is 16.0 Å². The predicted molar refractivity (Wildman–Crippen MR) is 121 cm³/mol. The Labute approximate surface area is 186 Å². The van der Waals surface area contributed by atoms with Crippen molar-refractivity contribution in [3.63, 3.8) is 0 Å². The number of piperazine rings is 1. The Morgan fingerprint density at radius 2 is 1.72 bits per heavy atom. The molecule has 1 aliphatic heterocycles. The van der Waals surface area contributed by atoms with E-state index in [-0.39, 0.29) is 24.2 Å². The molecule has 7 heteroatoms. The van der Waals surface area contributed by atoms with Crippen LogP contribution in [0, 0.1) is 5.82 Å². The highest BCUT2D eigenvalue weighted by atomic mass is 19.1. The summed E-state index contributed by atoms with van der Waals surface area (Å²) in [4.78, 5) is 28.6. The molecule has 0 aliphatic carbocycles. The summed E-state index contributed by atoms with van der Waals surface area (Å²) in [6.07, 6.45) is 0.948. The molecular formula is C25H26FN3O3. The van der Waals surface area contributed by atoms with Crippen LogP contribution in [0.1, 0.15) is 12.2 Å². The van der Waals surface area contributed by atoms with E-state index in [1.807, 2.05) is 52.3 Å². The highest BCUT2D eigenvalue weighted by Gasteiger charge is 2.22. The molecule has 1 aliphatic rings. The number of carbonyl (C=O) groups is 2. The third kappa shape index (κ3) is 5.82. The van der Waals surface area contributed by atoms with Gasteiger partial charge in [0.1, 0.15) is 17.3 Å². The summed E-state index contributed by atoms with van der Waals surface area (Å²) in [6.45, 7) is 2.63. The number of rotatable bonds is 7. The molecule has 2 heterocycles. The lowest BCUT2D eigenvalue weighted by Crippen LogP contribution is -2.50. The molecule has 1 fully saturated rings. The lowest BCUT2D eigenvalue weighted by atomic mass is 10.2. The van der Waals surface area contributed by atoms with Crippen molar-refractivity contribution in [2.75, 3.05) is 38.0 Å². The average molecular weight is 435 g/mol. The maximum atomic E-state index is 13.2. The second-order valence-electron chi connectivity index (χ2n) is 7.85. The first kappa shape index (κ1) is 21.8. The van der Waals surface area contributed by atoms with E-state index in [0.717, 1.165) is 17.1 Å². The molecule has 0 spiro atoms. The van der Waals surface area contributed by atoms with Crippen molar-refractivity contribution < 1.29 is 18.4 Å². The van der Waals surface area contributed by atoms with Crippen LogP contribution < -0.4 is 5.32 Å². The standard InChI is InChI=1S/C25H26FN3O3/c26-20-7-4-8-21(17-20)27-24(30)18-28-13-15-29(16-14-28)25(31)12-10-22-9-11-23(32-22)19-5-2-1-3-6-19/h1-9,11,17H,10,12-16,18H2,(H,27,30). The molecule has 166 valence electrons. The highest BCUT2D eigenvalue weighted by molar-refractivity contribution is 5.92. The first-order valence-corrected chi connectivity index (χ1v) is 10.8. The number of carbonyl (C=O) groups excluding carboxylic acids is 2. The van der Waals surface area contributed by atoms with Crippen LogP contribution in [0.25, 0.3) is 11.3 Å². The molecule has 0 unspecified atom stereocenters. The number of hydrogen-bond acceptors (Lipinski definition) is 4. The first-order chi connectivity index (χ1) is 15.6. The van der Waals surface area contributed by atoms with Crippen LogP contribution in [0.2, 0.25) is 0 Å². The number of amides is 2. The van der Waals surface area contributed by atoms with Crippen LogP contribution in [0.15, 0.2) is 71.1 Å². The normalized spacial score (nSPS) is 14.3. The lowest BCUT2D eigenvalue weighted by Gasteiger charge is -2.34. The van der Waals surface area contributed by atoms with Gasteiger partial charge in [-0.3, -0.25) is 14.5 Å². The minimum Gasteiger partial charge on any atom is -0.461 e. The zero-order valence-corrected chi connectivity index (χ0v) is 17.8. The Morgan fingerprint density at radius 1 is 0.938 bits per heavy atom. The Bertz CT molecular complexity index is 1060. The summed E-state index contributed by atoms with van der Waals surface area (Å²) in [6, 6.07) is 19.6. The quantitative estimate of drug-likeness (QED) is 0.613. The molecule has 2 aromatic carbocycles. The summed E-state index contributed by atoms with van der Waals surface area (Å²) in [7, 11) is 0. The molecule has 0 saturated carbocycles. The Hall–Kier alpha value is -3.45. The van der Waals surface area contributed by atoms with E-state index < -0.39 is 0 Å². The second kappa shape index (κ2) is 10.2. The number of furan rings is 1. The highest BCUT2D eigenvalue weighted by Crippen LogP contribution is 2.22. The predicted octanol–water partition coefficient (Wildman–Crippen LogP) is 3.80. The summed E-state index contributed by atoms with van der Waals surface area (Å²) < 4.78 is 19.1. The van der Waals surface area contributed by atoms with Gasteiger partial charge >= 0.3 is 0 Å². The smallest absolute Gasteiger partial charge is 0.238 e. The van der Waals surface area contributed by atoms with E-state index in [1.54, 1.807) is 12.1 Å². The monoisotopic (exact) mass is 435 g/mol. The SMILES string of the molecule is O=C(CN1CCN(C(=O)CCc2ccc(-c3ccccc3)o2)CC1)Nc1cccc(F)c1. The third-order valence-corrected chi connectivity index (χ3v) is 5.51. The molecule has 1 aromatic heterocycles. The van der Waals surface area contributed by atoms with E-state index in [4.69, 9.17) is 4.42 Å². The van der Waals surface area contributed by atoms with E-state index >= 15 is 0 Å². The van der Waals surface area contributed by atoms with Gasteiger partial charge in [0.2, 0.25) is 11.8 Å². The van der Waals surface area contributed by atoms with E-state index in [9.17, 15) is 14.0 Å². The van der Waals surface area contributed by atoms with E-state index in [1.165, 1.54) is 12.1 Å². The molecule has 0 bridgehead atoms. The summed E-state index contributed by atoms with van der Waals surface area (Å²) in [5, 5.41) is 2.70. The zero-order chi connectivity index (χ0) is 22.3. The second-order valence-corrected chi connectivity index (χ2v) is 7.85. The number of nitrogens with one attached hydrogen (secondary N) is 1. The number of halogens is 1. The largest absolute Gasteiger partial charge is 0.461 e. The topological polar surface area (TPSA) is 65.8 Å². The molecule has 6 nitrogen and oxygen atoms in total. The van der Waals surface area contributed by atoms with Crippen molar-refractivity contribution in [1.29, 1.82) is 0 Å². The van der Waals surface area contributed by atoms with Crippen LogP contribution in [0.3, 0.4) is 0 Å². The number of aryl methyl sites for hydroxylation is 1. The number of benzene rings is 2. The van der Waals surface area contributed by atoms with Crippen molar-refractivity contribution in [1.82, 2.24) is 9.80 Å². The number of anilines is 1. The van der Waals surface area contributed by atoms with Gasteiger partial charge in [-0.2, -0.15) is 0 Å². The van der Waals surface area contributed by atoms with Crippen molar-refractivity contribution in [3.05, 3.63) is 78.3 Å². The molecule has 4 rings (SSSR count). The van der Waals surface area contributed by atoms with E-state index in [2.05, 4.69) is 5.32 Å². The molecule has 1 saturated heterocycles. The minimum absolute atomic E-state index is 0.0894. The molecule has 0 atom stereocenters. The maximum Gasteiger partial charge on any atom is 0.238 e. The fraction of sp³-hybridized carbons (Fsp3) is 0.280. The summed E-state index contributed by atoms with van der Waals surface area (Å²) in [5.74, 6) is 1.11. The molecule has 3 aromatic rings. The van der Waals surface area contributed by atoms with Gasteiger partial charge in [-0.1, -0.05) is 36.4 Å².